The number of aromatic nitrogens is 1. The lowest BCUT2D eigenvalue weighted by molar-refractivity contribution is -0.385. The highest BCUT2D eigenvalue weighted by atomic mass is 16.6. The predicted octanol–water partition coefficient (Wildman–Crippen LogP) is 2.24. The number of nitro groups is 1. The van der Waals surface area contributed by atoms with Crippen LogP contribution in [0.1, 0.15) is 5.56 Å². The van der Waals surface area contributed by atoms with Crippen LogP contribution >= 0.6 is 0 Å². The Bertz CT molecular complexity index is 572. The third-order valence-electron chi connectivity index (χ3n) is 2.30. The molecule has 1 aromatic heterocycles. The molecule has 0 fully saturated rings. The normalized spacial score (nSPS) is 10.1. The van der Waals surface area contributed by atoms with E-state index in [1.807, 2.05) is 0 Å². The van der Waals surface area contributed by atoms with Crippen LogP contribution in [0.3, 0.4) is 0 Å². The van der Waals surface area contributed by atoms with Crippen LogP contribution in [0.15, 0.2) is 42.7 Å². The van der Waals surface area contributed by atoms with E-state index in [1.165, 1.54) is 18.3 Å². The first-order valence-electron chi connectivity index (χ1n) is 5.26. The van der Waals surface area contributed by atoms with Gasteiger partial charge in [-0.3, -0.25) is 15.1 Å². The summed E-state index contributed by atoms with van der Waals surface area (Å²) in [5, 5.41) is 10.8. The van der Waals surface area contributed by atoms with Gasteiger partial charge in [-0.1, -0.05) is 12.1 Å². The Balaban J connectivity index is 2.31. The summed E-state index contributed by atoms with van der Waals surface area (Å²) in [6.45, 7) is 0.334. The van der Waals surface area contributed by atoms with Gasteiger partial charge in [0.2, 0.25) is 5.75 Å². The minimum Gasteiger partial charge on any atom is -0.448 e. The number of rotatable bonds is 4. The SMILES string of the molecule is NCc1cncc(Oc2ccccc2[N+](=O)[O-])c1. The average molecular weight is 245 g/mol. The zero-order chi connectivity index (χ0) is 13.0. The maximum atomic E-state index is 10.8. The molecule has 0 saturated carbocycles. The molecule has 0 unspecified atom stereocenters. The van der Waals surface area contributed by atoms with Crippen LogP contribution in [0.5, 0.6) is 11.5 Å². The minimum atomic E-state index is -0.491. The number of hydrogen-bond acceptors (Lipinski definition) is 5. The fraction of sp³-hybridized carbons (Fsp3) is 0.0833. The molecule has 18 heavy (non-hydrogen) atoms. The van der Waals surface area contributed by atoms with E-state index in [1.54, 1.807) is 24.4 Å². The van der Waals surface area contributed by atoms with Crippen molar-refractivity contribution in [2.24, 2.45) is 5.73 Å². The Labute approximate surface area is 103 Å². The maximum Gasteiger partial charge on any atom is 0.311 e. The van der Waals surface area contributed by atoms with Gasteiger partial charge in [0.25, 0.3) is 0 Å². The van der Waals surface area contributed by atoms with Crippen molar-refractivity contribution in [1.82, 2.24) is 4.98 Å². The fourth-order valence-corrected chi connectivity index (χ4v) is 1.45. The number of nitro benzene ring substituents is 1. The van der Waals surface area contributed by atoms with Crippen molar-refractivity contribution in [3.8, 4) is 11.5 Å². The molecule has 0 atom stereocenters. The molecular formula is C12H11N3O3. The Hall–Kier alpha value is -2.47. The smallest absolute Gasteiger partial charge is 0.311 e. The van der Waals surface area contributed by atoms with Crippen LogP contribution in [-0.2, 0) is 6.54 Å². The van der Waals surface area contributed by atoms with Crippen LogP contribution in [0.2, 0.25) is 0 Å². The second-order valence-electron chi connectivity index (χ2n) is 3.56. The molecule has 0 bridgehead atoms. The van der Waals surface area contributed by atoms with Crippen molar-refractivity contribution >= 4 is 5.69 Å². The Morgan fingerprint density at radius 3 is 2.83 bits per heavy atom. The number of hydrogen-bond donors (Lipinski definition) is 1. The molecule has 2 N–H and O–H groups in total. The van der Waals surface area contributed by atoms with E-state index in [0.29, 0.717) is 12.3 Å². The van der Waals surface area contributed by atoms with Crippen LogP contribution in [0.4, 0.5) is 5.69 Å². The number of nitrogens with two attached hydrogens (primary N) is 1. The van der Waals surface area contributed by atoms with Gasteiger partial charge in [0.05, 0.1) is 11.1 Å². The summed E-state index contributed by atoms with van der Waals surface area (Å²) in [7, 11) is 0. The van der Waals surface area contributed by atoms with Gasteiger partial charge in [0, 0.05) is 18.8 Å². The average Bonchev–Trinajstić information content (AvgIpc) is 2.39. The number of nitrogens with zero attached hydrogens (tertiary/aromatic N) is 2. The summed E-state index contributed by atoms with van der Waals surface area (Å²) in [5.74, 6) is 0.603. The van der Waals surface area contributed by atoms with Gasteiger partial charge in [0.15, 0.2) is 0 Å². The van der Waals surface area contributed by atoms with Gasteiger partial charge in [-0.2, -0.15) is 0 Å². The highest BCUT2D eigenvalue weighted by Gasteiger charge is 2.14. The molecule has 92 valence electrons. The van der Waals surface area contributed by atoms with Crippen LogP contribution < -0.4 is 10.5 Å². The van der Waals surface area contributed by atoms with Crippen molar-refractivity contribution in [2.75, 3.05) is 0 Å². The Morgan fingerprint density at radius 1 is 1.33 bits per heavy atom. The molecule has 1 aromatic carbocycles. The first kappa shape index (κ1) is 12.0. The van der Waals surface area contributed by atoms with E-state index in [4.69, 9.17) is 10.5 Å². The van der Waals surface area contributed by atoms with E-state index in [-0.39, 0.29) is 11.4 Å². The quantitative estimate of drug-likeness (QED) is 0.658. The number of pyridine rings is 1. The lowest BCUT2D eigenvalue weighted by Gasteiger charge is -2.06. The summed E-state index contributed by atoms with van der Waals surface area (Å²) < 4.78 is 5.45. The molecule has 6 nitrogen and oxygen atoms in total. The molecule has 0 spiro atoms. The van der Waals surface area contributed by atoms with Crippen molar-refractivity contribution in [1.29, 1.82) is 0 Å². The molecule has 0 aliphatic rings. The predicted molar refractivity (Wildman–Crippen MR) is 65.3 cm³/mol. The van der Waals surface area contributed by atoms with Gasteiger partial charge in [-0.05, 0) is 17.7 Å². The second kappa shape index (κ2) is 5.24. The topological polar surface area (TPSA) is 91.3 Å². The van der Waals surface area contributed by atoms with Crippen molar-refractivity contribution in [2.45, 2.75) is 6.54 Å². The zero-order valence-electron chi connectivity index (χ0n) is 9.45. The first-order valence-corrected chi connectivity index (χ1v) is 5.26. The lowest BCUT2D eigenvalue weighted by Crippen LogP contribution is -1.98. The van der Waals surface area contributed by atoms with Crippen LogP contribution in [-0.4, -0.2) is 9.91 Å². The van der Waals surface area contributed by atoms with Crippen LogP contribution in [0.25, 0.3) is 0 Å². The molecule has 2 rings (SSSR count). The Morgan fingerprint density at radius 2 is 2.11 bits per heavy atom. The van der Waals surface area contributed by atoms with E-state index in [0.717, 1.165) is 5.56 Å². The van der Waals surface area contributed by atoms with Gasteiger partial charge >= 0.3 is 5.69 Å². The van der Waals surface area contributed by atoms with Gasteiger partial charge in [-0.25, -0.2) is 0 Å². The number of para-hydroxylation sites is 2. The van der Waals surface area contributed by atoms with Crippen molar-refractivity contribution < 1.29 is 9.66 Å². The first-order chi connectivity index (χ1) is 8.70. The van der Waals surface area contributed by atoms with Gasteiger partial charge < -0.3 is 10.5 Å². The third-order valence-corrected chi connectivity index (χ3v) is 2.30. The molecule has 2 aromatic rings. The molecule has 1 heterocycles. The van der Waals surface area contributed by atoms with Gasteiger partial charge in [0.1, 0.15) is 5.75 Å². The number of ether oxygens (including phenoxy) is 1. The number of benzene rings is 1. The maximum absolute atomic E-state index is 10.8. The van der Waals surface area contributed by atoms with Gasteiger partial charge in [-0.15, -0.1) is 0 Å². The van der Waals surface area contributed by atoms with E-state index in [9.17, 15) is 10.1 Å². The third kappa shape index (κ3) is 2.61. The summed E-state index contributed by atoms with van der Waals surface area (Å²) in [6.07, 6.45) is 3.10. The van der Waals surface area contributed by atoms with Crippen LogP contribution in [0, 0.1) is 10.1 Å². The second-order valence-corrected chi connectivity index (χ2v) is 3.56. The fourth-order valence-electron chi connectivity index (χ4n) is 1.45. The summed E-state index contributed by atoms with van der Waals surface area (Å²) in [4.78, 5) is 14.3. The molecule has 0 aliphatic heterocycles. The standard InChI is InChI=1S/C12H11N3O3/c13-6-9-5-10(8-14-7-9)18-12-4-2-1-3-11(12)15(16)17/h1-5,7-8H,6,13H2. The van der Waals surface area contributed by atoms with Crippen molar-refractivity contribution in [3.05, 3.63) is 58.4 Å². The molecular weight excluding hydrogens is 234 g/mol. The summed E-state index contributed by atoms with van der Waals surface area (Å²) in [6, 6.07) is 7.87. The zero-order valence-corrected chi connectivity index (χ0v) is 9.45. The minimum absolute atomic E-state index is 0.0874. The molecule has 6 heteroatoms. The van der Waals surface area contributed by atoms with E-state index >= 15 is 0 Å². The van der Waals surface area contributed by atoms with E-state index < -0.39 is 4.92 Å². The summed E-state index contributed by atoms with van der Waals surface area (Å²) >= 11 is 0. The van der Waals surface area contributed by atoms with Crippen molar-refractivity contribution in [3.63, 3.8) is 0 Å². The lowest BCUT2D eigenvalue weighted by atomic mass is 10.2. The molecule has 0 saturated heterocycles. The molecule has 0 amide bonds. The van der Waals surface area contributed by atoms with E-state index in [2.05, 4.69) is 4.98 Å². The summed E-state index contributed by atoms with van der Waals surface area (Å²) in [5.41, 5.74) is 6.20. The highest BCUT2D eigenvalue weighted by molar-refractivity contribution is 5.47. The monoisotopic (exact) mass is 245 g/mol. The Kier molecular flexibility index (Phi) is 3.49. The molecule has 0 aliphatic carbocycles. The highest BCUT2D eigenvalue weighted by Crippen LogP contribution is 2.30. The molecule has 0 radical (unpaired) electrons. The largest absolute Gasteiger partial charge is 0.448 e.